The van der Waals surface area contributed by atoms with E-state index in [1.54, 1.807) is 0 Å². The molecular weight excluding hydrogens is 388 g/mol. The number of nitrogens with zero attached hydrogens (tertiary/aromatic N) is 2. The minimum Gasteiger partial charge on any atom is -0.354 e. The zero-order valence-corrected chi connectivity index (χ0v) is 16.9. The number of aliphatic imine (C=N–C) groups is 1. The van der Waals surface area contributed by atoms with Crippen LogP contribution < -0.4 is 10.6 Å². The molecule has 2 N–H and O–H groups in total. The van der Waals surface area contributed by atoms with Crippen molar-refractivity contribution in [2.45, 2.75) is 32.0 Å². The summed E-state index contributed by atoms with van der Waals surface area (Å²) >= 11 is 3.52. The Morgan fingerprint density at radius 1 is 1.08 bits per heavy atom. The molecule has 5 heteroatoms. The standard InChI is InChI=1S/C21H27BrN4/c1-23-21(24-15-18-8-5-9-19(22)14-18)25-20-10-12-26(13-11-20)16-17-6-3-2-4-7-17/h2-9,14,20H,10-13,15-16H2,1H3,(H2,23,24,25). The molecular formula is C21H27BrN4. The predicted molar refractivity (Wildman–Crippen MR) is 112 cm³/mol. The van der Waals surface area contributed by atoms with Gasteiger partial charge < -0.3 is 10.6 Å². The molecule has 0 bridgehead atoms. The van der Waals surface area contributed by atoms with Crippen LogP contribution in [0.2, 0.25) is 0 Å². The highest BCUT2D eigenvalue weighted by Gasteiger charge is 2.19. The monoisotopic (exact) mass is 414 g/mol. The summed E-state index contributed by atoms with van der Waals surface area (Å²) in [5, 5.41) is 6.99. The number of rotatable bonds is 5. The fraction of sp³-hybridized carbons (Fsp3) is 0.381. The van der Waals surface area contributed by atoms with Gasteiger partial charge in [-0.25, -0.2) is 0 Å². The van der Waals surface area contributed by atoms with Gasteiger partial charge in [0.25, 0.3) is 0 Å². The van der Waals surface area contributed by atoms with Crippen molar-refractivity contribution in [1.82, 2.24) is 15.5 Å². The molecule has 0 atom stereocenters. The second-order valence-corrected chi connectivity index (χ2v) is 7.65. The Bertz CT molecular complexity index is 709. The number of likely N-dealkylation sites (tertiary alicyclic amines) is 1. The maximum Gasteiger partial charge on any atom is 0.191 e. The van der Waals surface area contributed by atoms with Gasteiger partial charge in [-0.1, -0.05) is 58.4 Å². The van der Waals surface area contributed by atoms with Crippen LogP contribution >= 0.6 is 15.9 Å². The average Bonchev–Trinajstić information content (AvgIpc) is 2.67. The highest BCUT2D eigenvalue weighted by atomic mass is 79.9. The minimum absolute atomic E-state index is 0.482. The van der Waals surface area contributed by atoms with E-state index in [2.05, 4.69) is 85.0 Å². The molecule has 1 fully saturated rings. The molecule has 138 valence electrons. The molecule has 26 heavy (non-hydrogen) atoms. The summed E-state index contributed by atoms with van der Waals surface area (Å²) in [4.78, 5) is 6.91. The van der Waals surface area contributed by atoms with Gasteiger partial charge in [0.05, 0.1) is 0 Å². The van der Waals surface area contributed by atoms with Crippen molar-refractivity contribution in [3.05, 3.63) is 70.2 Å². The van der Waals surface area contributed by atoms with E-state index in [0.29, 0.717) is 6.04 Å². The van der Waals surface area contributed by atoms with Gasteiger partial charge >= 0.3 is 0 Å². The van der Waals surface area contributed by atoms with Gasteiger partial charge in [0.15, 0.2) is 5.96 Å². The molecule has 2 aromatic carbocycles. The molecule has 2 aromatic rings. The molecule has 1 aliphatic heterocycles. The summed E-state index contributed by atoms with van der Waals surface area (Å²) in [5.74, 6) is 0.881. The molecule has 0 aromatic heterocycles. The highest BCUT2D eigenvalue weighted by molar-refractivity contribution is 9.10. The normalized spacial score (nSPS) is 16.5. The van der Waals surface area contributed by atoms with Gasteiger partial charge in [0.1, 0.15) is 0 Å². The lowest BCUT2D eigenvalue weighted by Gasteiger charge is -2.33. The topological polar surface area (TPSA) is 39.7 Å². The van der Waals surface area contributed by atoms with E-state index in [1.165, 1.54) is 11.1 Å². The maximum absolute atomic E-state index is 4.38. The third kappa shape index (κ3) is 5.85. The van der Waals surface area contributed by atoms with Crippen molar-refractivity contribution in [1.29, 1.82) is 0 Å². The summed E-state index contributed by atoms with van der Waals surface area (Å²) in [6.07, 6.45) is 2.29. The van der Waals surface area contributed by atoms with Crippen LogP contribution in [-0.4, -0.2) is 37.0 Å². The van der Waals surface area contributed by atoms with Crippen LogP contribution in [0, 0.1) is 0 Å². The van der Waals surface area contributed by atoms with E-state index >= 15 is 0 Å². The van der Waals surface area contributed by atoms with Gasteiger partial charge in [-0.2, -0.15) is 0 Å². The maximum atomic E-state index is 4.38. The first-order chi connectivity index (χ1) is 12.7. The third-order valence-electron chi connectivity index (χ3n) is 4.75. The fourth-order valence-electron chi connectivity index (χ4n) is 3.30. The second-order valence-electron chi connectivity index (χ2n) is 6.74. The highest BCUT2D eigenvalue weighted by Crippen LogP contribution is 2.14. The zero-order valence-electron chi connectivity index (χ0n) is 15.3. The summed E-state index contributed by atoms with van der Waals surface area (Å²) in [6, 6.07) is 19.5. The zero-order chi connectivity index (χ0) is 18.2. The summed E-state index contributed by atoms with van der Waals surface area (Å²) in [6.45, 7) is 4.06. The van der Waals surface area contributed by atoms with E-state index in [-0.39, 0.29) is 0 Å². The third-order valence-corrected chi connectivity index (χ3v) is 5.24. The first kappa shape index (κ1) is 18.9. The van der Waals surface area contributed by atoms with E-state index < -0.39 is 0 Å². The van der Waals surface area contributed by atoms with Crippen LogP contribution in [0.4, 0.5) is 0 Å². The number of benzene rings is 2. The molecule has 0 radical (unpaired) electrons. The molecule has 0 saturated carbocycles. The molecule has 4 nitrogen and oxygen atoms in total. The van der Waals surface area contributed by atoms with Gasteiger partial charge in [-0.3, -0.25) is 9.89 Å². The van der Waals surface area contributed by atoms with Crippen LogP contribution in [-0.2, 0) is 13.1 Å². The van der Waals surface area contributed by atoms with Crippen LogP contribution in [0.25, 0.3) is 0 Å². The van der Waals surface area contributed by atoms with E-state index in [0.717, 1.165) is 49.5 Å². The van der Waals surface area contributed by atoms with Crippen molar-refractivity contribution in [3.8, 4) is 0 Å². The van der Waals surface area contributed by atoms with Crippen molar-refractivity contribution in [2.24, 2.45) is 4.99 Å². The Morgan fingerprint density at radius 3 is 2.50 bits per heavy atom. The Morgan fingerprint density at radius 2 is 1.81 bits per heavy atom. The van der Waals surface area contributed by atoms with Gasteiger partial charge in [-0.05, 0) is 36.1 Å². The van der Waals surface area contributed by atoms with Crippen LogP contribution in [0.3, 0.4) is 0 Å². The van der Waals surface area contributed by atoms with E-state index in [9.17, 15) is 0 Å². The lowest BCUT2D eigenvalue weighted by atomic mass is 10.0. The lowest BCUT2D eigenvalue weighted by molar-refractivity contribution is 0.198. The van der Waals surface area contributed by atoms with Crippen molar-refractivity contribution >= 4 is 21.9 Å². The van der Waals surface area contributed by atoms with Crippen molar-refractivity contribution < 1.29 is 0 Å². The molecule has 0 amide bonds. The lowest BCUT2D eigenvalue weighted by Crippen LogP contribution is -2.48. The molecule has 1 heterocycles. The van der Waals surface area contributed by atoms with E-state index in [4.69, 9.17) is 0 Å². The minimum atomic E-state index is 0.482. The Hall–Kier alpha value is -1.85. The number of halogens is 1. The SMILES string of the molecule is CN=C(NCc1cccc(Br)c1)NC1CCN(Cc2ccccc2)CC1. The van der Waals surface area contributed by atoms with Gasteiger partial charge in [0.2, 0.25) is 0 Å². The van der Waals surface area contributed by atoms with Crippen molar-refractivity contribution in [3.63, 3.8) is 0 Å². The van der Waals surface area contributed by atoms with Crippen LogP contribution in [0.15, 0.2) is 64.1 Å². The average molecular weight is 415 g/mol. The largest absolute Gasteiger partial charge is 0.354 e. The number of hydrogen-bond acceptors (Lipinski definition) is 2. The molecule has 1 aliphatic rings. The van der Waals surface area contributed by atoms with Gasteiger partial charge in [0, 0.05) is 43.7 Å². The fourth-order valence-corrected chi connectivity index (χ4v) is 3.74. The van der Waals surface area contributed by atoms with Crippen LogP contribution in [0.5, 0.6) is 0 Å². The summed E-state index contributed by atoms with van der Waals surface area (Å²) in [7, 11) is 1.83. The number of nitrogens with one attached hydrogen (secondary N) is 2. The van der Waals surface area contributed by atoms with E-state index in [1.807, 2.05) is 13.1 Å². The summed E-state index contributed by atoms with van der Waals surface area (Å²) in [5.41, 5.74) is 2.63. The quantitative estimate of drug-likeness (QED) is 0.577. The molecule has 0 spiro atoms. The number of hydrogen-bond donors (Lipinski definition) is 2. The molecule has 0 aliphatic carbocycles. The van der Waals surface area contributed by atoms with Crippen LogP contribution in [0.1, 0.15) is 24.0 Å². The number of piperidine rings is 1. The Balaban J connectivity index is 1.42. The number of guanidine groups is 1. The van der Waals surface area contributed by atoms with Gasteiger partial charge in [-0.15, -0.1) is 0 Å². The summed E-state index contributed by atoms with van der Waals surface area (Å²) < 4.78 is 1.10. The molecule has 0 unspecified atom stereocenters. The Labute approximate surface area is 164 Å². The second kappa shape index (κ2) is 9.74. The molecule has 1 saturated heterocycles. The molecule has 3 rings (SSSR count). The smallest absolute Gasteiger partial charge is 0.191 e. The first-order valence-electron chi connectivity index (χ1n) is 9.21. The predicted octanol–water partition coefficient (Wildman–Crippen LogP) is 3.78. The first-order valence-corrected chi connectivity index (χ1v) is 10.00. The van der Waals surface area contributed by atoms with Crippen molar-refractivity contribution in [2.75, 3.05) is 20.1 Å². The Kier molecular flexibility index (Phi) is 7.09.